The lowest BCUT2D eigenvalue weighted by atomic mass is 10.2. The first-order valence-electron chi connectivity index (χ1n) is 4.44. The number of methoxy groups -OCH3 is 1. The van der Waals surface area contributed by atoms with Crippen LogP contribution in [0.3, 0.4) is 0 Å². The molecule has 1 fully saturated rings. The second-order valence-electron chi connectivity index (χ2n) is 3.39. The molecule has 0 radical (unpaired) electrons. The van der Waals surface area contributed by atoms with Crippen molar-refractivity contribution >= 4 is 11.9 Å². The van der Waals surface area contributed by atoms with Gasteiger partial charge in [-0.3, -0.25) is 4.79 Å². The Bertz CT molecular complexity index is 227. The van der Waals surface area contributed by atoms with Crippen molar-refractivity contribution in [3.8, 4) is 0 Å². The van der Waals surface area contributed by atoms with Gasteiger partial charge in [-0.2, -0.15) is 0 Å². The maximum atomic E-state index is 11.3. The molecule has 13 heavy (non-hydrogen) atoms. The van der Waals surface area contributed by atoms with E-state index in [1.54, 1.807) is 4.90 Å². The fourth-order valence-electron chi connectivity index (χ4n) is 1.88. The third-order valence-electron chi connectivity index (χ3n) is 2.51. The van der Waals surface area contributed by atoms with Crippen LogP contribution in [0.2, 0.25) is 0 Å². The molecule has 0 aliphatic carbocycles. The van der Waals surface area contributed by atoms with Crippen molar-refractivity contribution in [1.29, 1.82) is 0 Å². The quantitative estimate of drug-likeness (QED) is 0.561. The van der Waals surface area contributed by atoms with Crippen LogP contribution in [0.4, 0.5) is 0 Å². The lowest BCUT2D eigenvalue weighted by Gasteiger charge is -2.25. The highest BCUT2D eigenvalue weighted by Crippen LogP contribution is 2.24. The van der Waals surface area contributed by atoms with Gasteiger partial charge in [0.2, 0.25) is 5.91 Å². The molecular weight excluding hydrogens is 170 g/mol. The molecule has 4 heteroatoms. The molecule has 0 saturated carbocycles. The van der Waals surface area contributed by atoms with E-state index < -0.39 is 0 Å². The van der Waals surface area contributed by atoms with E-state index in [1.165, 1.54) is 14.0 Å². The molecule has 2 atom stereocenters. The van der Waals surface area contributed by atoms with Gasteiger partial charge in [-0.15, -0.1) is 0 Å². The van der Waals surface area contributed by atoms with E-state index in [0.717, 1.165) is 6.42 Å². The molecule has 1 rings (SSSR count). The van der Waals surface area contributed by atoms with E-state index in [1.807, 2.05) is 6.92 Å². The van der Waals surface area contributed by atoms with E-state index in [4.69, 9.17) is 0 Å². The van der Waals surface area contributed by atoms with Gasteiger partial charge < -0.3 is 9.64 Å². The predicted molar refractivity (Wildman–Crippen MR) is 47.0 cm³/mol. The summed E-state index contributed by atoms with van der Waals surface area (Å²) in [5.41, 5.74) is 0. The Morgan fingerprint density at radius 1 is 1.38 bits per heavy atom. The number of hydrogen-bond acceptors (Lipinski definition) is 3. The van der Waals surface area contributed by atoms with Crippen molar-refractivity contribution in [3.05, 3.63) is 0 Å². The molecule has 74 valence electrons. The number of carbonyl (C=O) groups excluding carboxylic acids is 2. The summed E-state index contributed by atoms with van der Waals surface area (Å²) in [7, 11) is 1.35. The SMILES string of the molecule is COC(=O)C1CCC(C)N1C(C)=O. The zero-order valence-corrected chi connectivity index (χ0v) is 8.24. The first-order valence-corrected chi connectivity index (χ1v) is 4.44. The van der Waals surface area contributed by atoms with Crippen LogP contribution in [0.15, 0.2) is 0 Å². The van der Waals surface area contributed by atoms with Crippen molar-refractivity contribution < 1.29 is 14.3 Å². The molecule has 0 aromatic rings. The topological polar surface area (TPSA) is 46.6 Å². The summed E-state index contributed by atoms with van der Waals surface area (Å²) in [4.78, 5) is 24.1. The van der Waals surface area contributed by atoms with Crippen LogP contribution >= 0.6 is 0 Å². The van der Waals surface area contributed by atoms with E-state index in [2.05, 4.69) is 4.74 Å². The molecule has 1 amide bonds. The largest absolute Gasteiger partial charge is 0.467 e. The molecule has 1 heterocycles. The highest BCUT2D eigenvalue weighted by atomic mass is 16.5. The summed E-state index contributed by atoms with van der Waals surface area (Å²) >= 11 is 0. The Hall–Kier alpha value is -1.06. The Labute approximate surface area is 77.8 Å². The Morgan fingerprint density at radius 3 is 2.46 bits per heavy atom. The van der Waals surface area contributed by atoms with Crippen molar-refractivity contribution in [2.75, 3.05) is 7.11 Å². The van der Waals surface area contributed by atoms with Crippen LogP contribution < -0.4 is 0 Å². The molecule has 0 N–H and O–H groups in total. The maximum absolute atomic E-state index is 11.3. The van der Waals surface area contributed by atoms with Crippen molar-refractivity contribution in [2.24, 2.45) is 0 Å². The molecule has 4 nitrogen and oxygen atoms in total. The number of amides is 1. The molecule has 0 aromatic carbocycles. The maximum Gasteiger partial charge on any atom is 0.328 e. The van der Waals surface area contributed by atoms with Gasteiger partial charge in [-0.05, 0) is 19.8 Å². The monoisotopic (exact) mass is 185 g/mol. The first-order chi connectivity index (χ1) is 6.07. The minimum atomic E-state index is -0.363. The van der Waals surface area contributed by atoms with E-state index >= 15 is 0 Å². The van der Waals surface area contributed by atoms with Crippen LogP contribution in [0.1, 0.15) is 26.7 Å². The van der Waals surface area contributed by atoms with Crippen LogP contribution in [0, 0.1) is 0 Å². The number of nitrogens with zero attached hydrogens (tertiary/aromatic N) is 1. The zero-order chi connectivity index (χ0) is 10.0. The molecule has 1 aliphatic heterocycles. The Morgan fingerprint density at radius 2 is 2.00 bits per heavy atom. The van der Waals surface area contributed by atoms with Crippen LogP contribution in [-0.4, -0.2) is 36.0 Å². The second-order valence-corrected chi connectivity index (χ2v) is 3.39. The molecule has 0 bridgehead atoms. The highest BCUT2D eigenvalue weighted by molar-refractivity contribution is 5.84. The molecule has 1 saturated heterocycles. The van der Waals surface area contributed by atoms with Gasteiger partial charge in [-0.1, -0.05) is 0 Å². The summed E-state index contributed by atoms with van der Waals surface area (Å²) in [5, 5.41) is 0. The third kappa shape index (κ3) is 1.82. The number of likely N-dealkylation sites (tertiary alicyclic amines) is 1. The Kier molecular flexibility index (Phi) is 2.90. The highest BCUT2D eigenvalue weighted by Gasteiger charge is 2.37. The van der Waals surface area contributed by atoms with E-state index in [-0.39, 0.29) is 24.0 Å². The fourth-order valence-corrected chi connectivity index (χ4v) is 1.88. The second kappa shape index (κ2) is 3.77. The number of ether oxygens (including phenoxy) is 1. The average molecular weight is 185 g/mol. The van der Waals surface area contributed by atoms with Gasteiger partial charge in [-0.25, -0.2) is 4.79 Å². The predicted octanol–water partition coefficient (Wildman–Crippen LogP) is 0.559. The van der Waals surface area contributed by atoms with Gasteiger partial charge in [0.15, 0.2) is 0 Å². The van der Waals surface area contributed by atoms with Crippen molar-refractivity contribution in [3.63, 3.8) is 0 Å². The molecule has 0 aromatic heterocycles. The lowest BCUT2D eigenvalue weighted by Crippen LogP contribution is -2.43. The molecular formula is C9H15NO3. The average Bonchev–Trinajstić information content (AvgIpc) is 2.45. The zero-order valence-electron chi connectivity index (χ0n) is 8.24. The molecule has 1 aliphatic rings. The van der Waals surface area contributed by atoms with Crippen LogP contribution in [0.25, 0.3) is 0 Å². The van der Waals surface area contributed by atoms with Gasteiger partial charge >= 0.3 is 5.97 Å². The van der Waals surface area contributed by atoms with Crippen LogP contribution in [0.5, 0.6) is 0 Å². The van der Waals surface area contributed by atoms with E-state index in [9.17, 15) is 9.59 Å². The minimum Gasteiger partial charge on any atom is -0.467 e. The fraction of sp³-hybridized carbons (Fsp3) is 0.778. The van der Waals surface area contributed by atoms with Gasteiger partial charge in [0, 0.05) is 13.0 Å². The number of carbonyl (C=O) groups is 2. The Balaban J connectivity index is 2.75. The van der Waals surface area contributed by atoms with Gasteiger partial charge in [0.1, 0.15) is 6.04 Å². The number of rotatable bonds is 1. The first kappa shape index (κ1) is 10.0. The van der Waals surface area contributed by atoms with E-state index in [0.29, 0.717) is 6.42 Å². The van der Waals surface area contributed by atoms with Gasteiger partial charge in [0.05, 0.1) is 7.11 Å². The smallest absolute Gasteiger partial charge is 0.328 e. The summed E-state index contributed by atoms with van der Waals surface area (Å²) in [6.45, 7) is 3.43. The summed E-state index contributed by atoms with van der Waals surface area (Å²) in [6.07, 6.45) is 1.59. The van der Waals surface area contributed by atoms with Crippen LogP contribution in [-0.2, 0) is 14.3 Å². The third-order valence-corrected chi connectivity index (χ3v) is 2.51. The summed E-state index contributed by atoms with van der Waals surface area (Å²) < 4.78 is 4.63. The lowest BCUT2D eigenvalue weighted by molar-refractivity contribution is -0.151. The number of esters is 1. The van der Waals surface area contributed by atoms with Crippen molar-refractivity contribution in [1.82, 2.24) is 4.90 Å². The standard InChI is InChI=1S/C9H15NO3/c1-6-4-5-8(9(12)13-3)10(6)7(2)11/h6,8H,4-5H2,1-3H3. The van der Waals surface area contributed by atoms with Crippen molar-refractivity contribution in [2.45, 2.75) is 38.8 Å². The number of hydrogen-bond donors (Lipinski definition) is 0. The summed E-state index contributed by atoms with van der Waals surface area (Å²) in [5.74, 6) is -0.361. The molecule has 2 unspecified atom stereocenters. The summed E-state index contributed by atoms with van der Waals surface area (Å²) in [6, 6.07) is -0.209. The van der Waals surface area contributed by atoms with Gasteiger partial charge in [0.25, 0.3) is 0 Å². The molecule has 0 spiro atoms. The normalized spacial score (nSPS) is 27.5. The minimum absolute atomic E-state index is 0.0552.